The van der Waals surface area contributed by atoms with Gasteiger partial charge in [0.25, 0.3) is 0 Å². The lowest BCUT2D eigenvalue weighted by atomic mass is 9.91. The molecule has 2 heterocycles. The van der Waals surface area contributed by atoms with Crippen LogP contribution in [0.1, 0.15) is 11.4 Å². The summed E-state index contributed by atoms with van der Waals surface area (Å²) in [6.45, 7) is 0. The Bertz CT molecular complexity index is 623. The molecule has 3 N–H and O–H groups in total. The third-order valence-electron chi connectivity index (χ3n) is 3.37. The van der Waals surface area contributed by atoms with Gasteiger partial charge < -0.3 is 19.9 Å². The number of H-pyrrole nitrogens is 1. The van der Waals surface area contributed by atoms with E-state index in [2.05, 4.69) is 9.97 Å². The number of aromatic hydroxyl groups is 1. The van der Waals surface area contributed by atoms with Crippen molar-refractivity contribution in [2.75, 3.05) is 12.9 Å². The molecule has 1 aliphatic rings. The molecule has 1 aliphatic heterocycles. The summed E-state index contributed by atoms with van der Waals surface area (Å²) in [6, 6.07) is 5.14. The zero-order chi connectivity index (χ0) is 14.9. The summed E-state index contributed by atoms with van der Waals surface area (Å²) in [5, 5.41) is 20.4. The highest BCUT2D eigenvalue weighted by molar-refractivity contribution is 9.09. The van der Waals surface area contributed by atoms with Crippen LogP contribution in [0.4, 0.5) is 0 Å². The second-order valence-electron chi connectivity index (χ2n) is 4.51. The maximum Gasteiger partial charge on any atom is 0.160 e. The van der Waals surface area contributed by atoms with Gasteiger partial charge in [0.1, 0.15) is 10.6 Å². The van der Waals surface area contributed by atoms with Gasteiger partial charge in [-0.15, -0.1) is 0 Å². The Hall–Kier alpha value is -0.960. The first kappa shape index (κ1) is 15.0. The molecular weight excluding hydrogens is 328 g/mol. The van der Waals surface area contributed by atoms with E-state index >= 15 is 0 Å². The maximum atomic E-state index is 10.7. The smallest absolute Gasteiger partial charge is 0.160 e. The second-order valence-corrected chi connectivity index (χ2v) is 8.87. The minimum atomic E-state index is -0.708. The Morgan fingerprint density at radius 1 is 1.48 bits per heavy atom. The van der Waals surface area contributed by atoms with Crippen LogP contribution in [0.25, 0.3) is 0 Å². The average molecular weight is 342 g/mol. The molecule has 1 aromatic heterocycles. The highest BCUT2D eigenvalue weighted by atomic mass is 33.5. The van der Waals surface area contributed by atoms with E-state index in [-0.39, 0.29) is 5.75 Å². The van der Waals surface area contributed by atoms with Gasteiger partial charge in [-0.3, -0.25) is 0 Å². The van der Waals surface area contributed by atoms with Gasteiger partial charge in [0, 0.05) is 18.1 Å². The van der Waals surface area contributed by atoms with Crippen molar-refractivity contribution in [3.63, 3.8) is 0 Å². The summed E-state index contributed by atoms with van der Waals surface area (Å²) < 4.78 is 4.48. The number of hydrogen-bond donors (Lipinski definition) is 3. The molecule has 0 bridgehead atoms. The highest BCUT2D eigenvalue weighted by Crippen LogP contribution is 2.58. The van der Waals surface area contributed by atoms with Gasteiger partial charge in [0.2, 0.25) is 0 Å². The lowest BCUT2D eigenvalue weighted by Crippen LogP contribution is -2.41. The zero-order valence-electron chi connectivity index (χ0n) is 11.1. The summed E-state index contributed by atoms with van der Waals surface area (Å²) >= 11 is 0. The Morgan fingerprint density at radius 3 is 3.00 bits per heavy atom. The minimum Gasteiger partial charge on any atom is -0.504 e. The van der Waals surface area contributed by atoms with Gasteiger partial charge >= 0.3 is 0 Å². The Morgan fingerprint density at radius 2 is 2.33 bits per heavy atom. The number of hydrogen-bond acceptors (Lipinski definition) is 7. The first-order valence-corrected chi connectivity index (χ1v) is 9.86. The van der Waals surface area contributed by atoms with Gasteiger partial charge in [0.05, 0.1) is 13.2 Å². The van der Waals surface area contributed by atoms with Crippen molar-refractivity contribution in [2.45, 2.75) is 10.9 Å². The topological polar surface area (TPSA) is 78.4 Å². The van der Waals surface area contributed by atoms with Crippen LogP contribution in [0.2, 0.25) is 0 Å². The summed E-state index contributed by atoms with van der Waals surface area (Å²) in [6.07, 6.45) is 2.82. The monoisotopic (exact) mass is 342 g/mol. The van der Waals surface area contributed by atoms with E-state index in [1.807, 2.05) is 0 Å². The highest BCUT2D eigenvalue weighted by Gasteiger charge is 2.47. The largest absolute Gasteiger partial charge is 0.504 e. The quantitative estimate of drug-likeness (QED) is 0.740. The van der Waals surface area contributed by atoms with E-state index in [9.17, 15) is 10.2 Å². The zero-order valence-corrected chi connectivity index (χ0v) is 13.6. The van der Waals surface area contributed by atoms with E-state index in [0.717, 1.165) is 5.56 Å². The molecule has 5 nitrogen and oxygen atoms in total. The number of rotatable bonds is 3. The number of methoxy groups -OCH3 is 1. The van der Waals surface area contributed by atoms with Gasteiger partial charge in [-0.25, -0.2) is 4.98 Å². The van der Waals surface area contributed by atoms with E-state index in [1.54, 1.807) is 62.0 Å². The van der Waals surface area contributed by atoms with Crippen LogP contribution in [0, 0.1) is 0 Å². The van der Waals surface area contributed by atoms with Crippen LogP contribution in [-0.2, 0) is 4.75 Å². The molecule has 0 aliphatic carbocycles. The molecule has 1 aromatic carbocycles. The Balaban J connectivity index is 2.16. The third kappa shape index (κ3) is 2.50. The van der Waals surface area contributed by atoms with Crippen molar-refractivity contribution >= 4 is 31.4 Å². The summed E-state index contributed by atoms with van der Waals surface area (Å²) in [5.41, 5.74) is 0.845. The van der Waals surface area contributed by atoms with Crippen LogP contribution in [-0.4, -0.2) is 39.1 Å². The molecule has 0 saturated carbocycles. The maximum absolute atomic E-state index is 10.7. The number of phenols is 1. The molecule has 1 saturated heterocycles. The van der Waals surface area contributed by atoms with E-state index in [1.165, 1.54) is 7.11 Å². The van der Waals surface area contributed by atoms with Crippen LogP contribution in [0.15, 0.2) is 30.6 Å². The third-order valence-corrected chi connectivity index (χ3v) is 8.12. The van der Waals surface area contributed by atoms with Crippen LogP contribution >= 0.6 is 31.4 Å². The van der Waals surface area contributed by atoms with Gasteiger partial charge in [-0.1, -0.05) is 27.7 Å². The van der Waals surface area contributed by atoms with Crippen molar-refractivity contribution in [3.05, 3.63) is 42.0 Å². The lowest BCUT2D eigenvalue weighted by molar-refractivity contribution is 0.164. The second kappa shape index (κ2) is 6.04. The molecule has 2 atom stereocenters. The summed E-state index contributed by atoms with van der Waals surface area (Å²) in [7, 11) is 6.30. The van der Waals surface area contributed by atoms with Crippen molar-refractivity contribution < 1.29 is 14.9 Å². The van der Waals surface area contributed by atoms with E-state index in [4.69, 9.17) is 4.74 Å². The SMILES string of the molecule is COc1cc([C@]2(c3ncc[nH]3)SSSC[C@@H]2O)ccc1O. The van der Waals surface area contributed by atoms with Gasteiger partial charge in [0.15, 0.2) is 11.5 Å². The molecule has 0 amide bonds. The van der Waals surface area contributed by atoms with Crippen LogP contribution in [0.3, 0.4) is 0 Å². The predicted molar refractivity (Wildman–Crippen MR) is 87.7 cm³/mol. The number of aliphatic hydroxyl groups excluding tert-OH is 1. The van der Waals surface area contributed by atoms with Crippen LogP contribution in [0.5, 0.6) is 11.5 Å². The molecule has 2 aromatic rings. The van der Waals surface area contributed by atoms with Crippen molar-refractivity contribution in [2.24, 2.45) is 0 Å². The fourth-order valence-electron chi connectivity index (χ4n) is 2.29. The fourth-order valence-corrected chi connectivity index (χ4v) is 7.38. The lowest BCUT2D eigenvalue weighted by Gasteiger charge is -2.38. The van der Waals surface area contributed by atoms with E-state index < -0.39 is 10.9 Å². The number of phenolic OH excluding ortho intramolecular Hbond substituents is 1. The summed E-state index contributed by atoms with van der Waals surface area (Å²) in [4.78, 5) is 7.47. The van der Waals surface area contributed by atoms with Gasteiger partial charge in [-0.2, -0.15) is 0 Å². The average Bonchev–Trinajstić information content (AvgIpc) is 3.03. The van der Waals surface area contributed by atoms with Crippen molar-refractivity contribution in [1.29, 1.82) is 0 Å². The minimum absolute atomic E-state index is 0.0770. The molecule has 112 valence electrons. The normalized spacial score (nSPS) is 25.7. The predicted octanol–water partition coefficient (Wildman–Crippen LogP) is 2.77. The van der Waals surface area contributed by atoms with E-state index in [0.29, 0.717) is 17.3 Å². The molecule has 0 spiro atoms. The number of nitrogens with one attached hydrogen (secondary N) is 1. The molecule has 0 unspecified atom stereocenters. The Kier molecular flexibility index (Phi) is 4.30. The number of aliphatic hydroxyl groups is 1. The fraction of sp³-hybridized carbons (Fsp3) is 0.308. The number of aromatic nitrogens is 2. The number of ether oxygens (including phenoxy) is 1. The number of benzene rings is 1. The number of imidazole rings is 1. The molecular formula is C13H14N2O3S3. The van der Waals surface area contributed by atoms with Crippen molar-refractivity contribution in [1.82, 2.24) is 9.97 Å². The first-order chi connectivity index (χ1) is 10.2. The first-order valence-electron chi connectivity index (χ1n) is 6.21. The number of aromatic amines is 1. The Labute approximate surface area is 133 Å². The molecule has 3 rings (SSSR count). The van der Waals surface area contributed by atoms with Crippen LogP contribution < -0.4 is 4.74 Å². The molecule has 1 fully saturated rings. The van der Waals surface area contributed by atoms with Gasteiger partial charge in [-0.05, 0) is 27.5 Å². The molecule has 21 heavy (non-hydrogen) atoms. The standard InChI is InChI=1S/C13H14N2O3S3/c1-18-10-6-8(2-3-9(10)16)13(12-14-4-5-15-12)11(17)7-19-21-20-13/h2-6,11,16-17H,7H2,1H3,(H,14,15)/t11-,13-/m0/s1. The molecule has 0 radical (unpaired) electrons. The van der Waals surface area contributed by atoms with Crippen molar-refractivity contribution in [3.8, 4) is 11.5 Å². The molecule has 8 heteroatoms. The number of nitrogens with zero attached hydrogens (tertiary/aromatic N) is 1. The summed E-state index contributed by atoms with van der Waals surface area (Å²) in [5.74, 6) is 1.75.